The Balaban J connectivity index is 2.84. The zero-order valence-electron chi connectivity index (χ0n) is 7.45. The Labute approximate surface area is 108 Å². The number of benzene rings is 1. The van der Waals surface area contributed by atoms with E-state index in [0.717, 1.165) is 0 Å². The second kappa shape index (κ2) is 4.43. The summed E-state index contributed by atoms with van der Waals surface area (Å²) in [6, 6.07) is 2.78. The Kier molecular flexibility index (Phi) is 3.32. The molecule has 0 amide bonds. The van der Waals surface area contributed by atoms with Crippen LogP contribution in [0.25, 0.3) is 10.9 Å². The van der Waals surface area contributed by atoms with E-state index >= 15 is 0 Å². The third-order valence-corrected chi connectivity index (χ3v) is 3.46. The third kappa shape index (κ3) is 2.14. The van der Waals surface area contributed by atoms with Crippen LogP contribution >= 0.6 is 34.8 Å². The highest BCUT2D eigenvalue weighted by molar-refractivity contribution is 7.79. The second-order valence-electron chi connectivity index (χ2n) is 2.83. The fourth-order valence-electron chi connectivity index (χ4n) is 1.20. The molecule has 4 nitrogen and oxygen atoms in total. The van der Waals surface area contributed by atoms with Crippen LogP contribution in [0.1, 0.15) is 0 Å². The maximum Gasteiger partial charge on any atom is 0.224 e. The van der Waals surface area contributed by atoms with Gasteiger partial charge in [-0.1, -0.05) is 23.2 Å². The monoisotopic (exact) mass is 296 g/mol. The summed E-state index contributed by atoms with van der Waals surface area (Å²) in [5, 5.41) is 0.650. The van der Waals surface area contributed by atoms with Gasteiger partial charge in [0.2, 0.25) is 5.28 Å². The van der Waals surface area contributed by atoms with Crippen molar-refractivity contribution < 1.29 is 8.76 Å². The molecule has 1 N–H and O–H groups in total. The highest BCUT2D eigenvalue weighted by Crippen LogP contribution is 2.29. The lowest BCUT2D eigenvalue weighted by atomic mass is 10.2. The first-order chi connectivity index (χ1) is 7.49. The lowest BCUT2D eigenvalue weighted by Gasteiger charge is -2.04. The van der Waals surface area contributed by atoms with Crippen LogP contribution < -0.4 is 0 Å². The summed E-state index contributed by atoms with van der Waals surface area (Å²) in [4.78, 5) is 7.69. The summed E-state index contributed by atoms with van der Waals surface area (Å²) in [6.45, 7) is 0. The molecule has 2 aromatic rings. The van der Waals surface area contributed by atoms with Crippen molar-refractivity contribution in [2.24, 2.45) is 0 Å². The molecule has 1 heterocycles. The zero-order chi connectivity index (χ0) is 11.9. The highest BCUT2D eigenvalue weighted by atomic mass is 35.5. The molecule has 2 rings (SSSR count). The molecule has 0 fully saturated rings. The topological polar surface area (TPSA) is 63.1 Å². The van der Waals surface area contributed by atoms with Crippen LogP contribution in [-0.4, -0.2) is 18.7 Å². The Morgan fingerprint density at radius 1 is 1.19 bits per heavy atom. The molecule has 1 atom stereocenters. The second-order valence-corrected chi connectivity index (χ2v) is 4.87. The summed E-state index contributed by atoms with van der Waals surface area (Å²) in [7, 11) is 0. The standard InChI is InChI=1S/C8H3Cl3N2O2S/c9-4-2-5-3(1-6(4)16(14)15)7(10)13-8(11)12-5/h1-2H,(H,14,15). The number of hydrogen-bond donors (Lipinski definition) is 1. The largest absolute Gasteiger partial charge is 0.302 e. The van der Waals surface area contributed by atoms with E-state index in [4.69, 9.17) is 39.4 Å². The summed E-state index contributed by atoms with van der Waals surface area (Å²) >= 11 is 15.1. The van der Waals surface area contributed by atoms with Gasteiger partial charge in [-0.25, -0.2) is 14.2 Å². The molecule has 0 aliphatic carbocycles. The van der Waals surface area contributed by atoms with Crippen molar-refractivity contribution in [2.75, 3.05) is 0 Å². The fraction of sp³-hybridized carbons (Fsp3) is 0. The quantitative estimate of drug-likeness (QED) is 0.499. The van der Waals surface area contributed by atoms with E-state index < -0.39 is 11.1 Å². The first-order valence-electron chi connectivity index (χ1n) is 3.92. The summed E-state index contributed by atoms with van der Waals surface area (Å²) in [5.74, 6) is 0. The molecule has 0 bridgehead atoms. The molecule has 84 valence electrons. The van der Waals surface area contributed by atoms with Gasteiger partial charge < -0.3 is 4.55 Å². The number of hydrogen-bond acceptors (Lipinski definition) is 3. The molecule has 0 saturated heterocycles. The van der Waals surface area contributed by atoms with Gasteiger partial charge in [0.15, 0.2) is 11.1 Å². The van der Waals surface area contributed by atoms with Gasteiger partial charge >= 0.3 is 0 Å². The van der Waals surface area contributed by atoms with Gasteiger partial charge in [-0.2, -0.15) is 0 Å². The van der Waals surface area contributed by atoms with Gasteiger partial charge in [-0.15, -0.1) is 0 Å². The van der Waals surface area contributed by atoms with Crippen molar-refractivity contribution >= 4 is 56.8 Å². The minimum Gasteiger partial charge on any atom is -0.302 e. The van der Waals surface area contributed by atoms with Crippen molar-refractivity contribution in [1.82, 2.24) is 9.97 Å². The minimum absolute atomic E-state index is 0.00793. The van der Waals surface area contributed by atoms with Crippen molar-refractivity contribution in [2.45, 2.75) is 4.90 Å². The molecule has 0 saturated carbocycles. The first-order valence-corrected chi connectivity index (χ1v) is 6.16. The Morgan fingerprint density at radius 2 is 1.88 bits per heavy atom. The molecule has 0 aliphatic rings. The predicted octanol–water partition coefficient (Wildman–Crippen LogP) is 3.17. The Bertz CT molecular complexity index is 605. The zero-order valence-corrected chi connectivity index (χ0v) is 10.5. The Hall–Kier alpha value is -0.460. The van der Waals surface area contributed by atoms with Crippen LogP contribution in [0.5, 0.6) is 0 Å². The molecule has 1 aromatic carbocycles. The minimum atomic E-state index is -2.19. The number of nitrogens with zero attached hydrogens (tertiary/aromatic N) is 2. The summed E-state index contributed by atoms with van der Waals surface area (Å²) in [5.41, 5.74) is 0.421. The lowest BCUT2D eigenvalue weighted by molar-refractivity contribution is 0.564. The Morgan fingerprint density at radius 3 is 2.50 bits per heavy atom. The van der Waals surface area contributed by atoms with Crippen LogP contribution in [-0.2, 0) is 11.1 Å². The van der Waals surface area contributed by atoms with Crippen LogP contribution in [0.4, 0.5) is 0 Å². The van der Waals surface area contributed by atoms with Crippen LogP contribution in [0.2, 0.25) is 15.5 Å². The smallest absolute Gasteiger partial charge is 0.224 e. The van der Waals surface area contributed by atoms with E-state index in [-0.39, 0.29) is 20.4 Å². The van der Waals surface area contributed by atoms with Crippen molar-refractivity contribution in [3.63, 3.8) is 0 Å². The van der Waals surface area contributed by atoms with E-state index in [9.17, 15) is 4.21 Å². The summed E-state index contributed by atoms with van der Waals surface area (Å²) < 4.78 is 19.9. The van der Waals surface area contributed by atoms with Crippen molar-refractivity contribution in [3.8, 4) is 0 Å². The number of fused-ring (bicyclic) bond motifs is 1. The molecule has 8 heteroatoms. The first kappa shape index (κ1) is 12.0. The average Bonchev–Trinajstić information content (AvgIpc) is 2.15. The van der Waals surface area contributed by atoms with E-state index in [1.54, 1.807) is 0 Å². The van der Waals surface area contributed by atoms with Gasteiger partial charge in [0.25, 0.3) is 0 Å². The van der Waals surface area contributed by atoms with Crippen molar-refractivity contribution in [3.05, 3.63) is 27.6 Å². The van der Waals surface area contributed by atoms with Gasteiger partial charge in [0.1, 0.15) is 5.15 Å². The number of halogens is 3. The lowest BCUT2D eigenvalue weighted by Crippen LogP contribution is -1.93. The molecule has 0 radical (unpaired) electrons. The van der Waals surface area contributed by atoms with E-state index in [2.05, 4.69) is 9.97 Å². The third-order valence-electron chi connectivity index (χ3n) is 1.86. The molecule has 1 aromatic heterocycles. The predicted molar refractivity (Wildman–Crippen MR) is 63.6 cm³/mol. The van der Waals surface area contributed by atoms with Gasteiger partial charge in [-0.05, 0) is 23.7 Å². The van der Waals surface area contributed by atoms with Crippen molar-refractivity contribution in [1.29, 1.82) is 0 Å². The molecule has 16 heavy (non-hydrogen) atoms. The maximum absolute atomic E-state index is 11.0. The van der Waals surface area contributed by atoms with Crippen LogP contribution in [0, 0.1) is 0 Å². The highest BCUT2D eigenvalue weighted by Gasteiger charge is 2.12. The summed E-state index contributed by atoms with van der Waals surface area (Å²) in [6.07, 6.45) is 0. The average molecular weight is 298 g/mol. The van der Waals surface area contributed by atoms with Crippen LogP contribution in [0.3, 0.4) is 0 Å². The van der Waals surface area contributed by atoms with E-state index in [1.165, 1.54) is 12.1 Å². The molecule has 1 unspecified atom stereocenters. The number of aromatic nitrogens is 2. The fourth-order valence-corrected chi connectivity index (χ4v) is 2.45. The molecule has 0 spiro atoms. The number of rotatable bonds is 1. The normalized spacial score (nSPS) is 13.0. The molecular formula is C8H3Cl3N2O2S. The van der Waals surface area contributed by atoms with Crippen LogP contribution in [0.15, 0.2) is 17.0 Å². The van der Waals surface area contributed by atoms with E-state index in [0.29, 0.717) is 10.9 Å². The SMILES string of the molecule is O=S(O)c1cc2c(Cl)nc(Cl)nc2cc1Cl. The maximum atomic E-state index is 11.0. The molecular weight excluding hydrogens is 295 g/mol. The van der Waals surface area contributed by atoms with Gasteiger partial charge in [-0.3, -0.25) is 0 Å². The van der Waals surface area contributed by atoms with Gasteiger partial charge in [0.05, 0.1) is 15.4 Å². The van der Waals surface area contributed by atoms with E-state index in [1.807, 2.05) is 0 Å². The van der Waals surface area contributed by atoms with Gasteiger partial charge in [0, 0.05) is 5.39 Å². The molecule has 0 aliphatic heterocycles.